The number of aldehydes is 1. The number of rotatable bonds is 10. The van der Waals surface area contributed by atoms with Crippen LogP contribution in [0.3, 0.4) is 0 Å². The number of esters is 1. The zero-order valence-corrected chi connectivity index (χ0v) is 15.8. The normalized spacial score (nSPS) is 20.3. The van der Waals surface area contributed by atoms with Crippen LogP contribution >= 0.6 is 0 Å². The number of hydrogen-bond acceptors (Lipinski definition) is 7. The Morgan fingerprint density at radius 2 is 1.73 bits per heavy atom. The maximum absolute atomic E-state index is 11.5. The van der Waals surface area contributed by atoms with Crippen molar-refractivity contribution in [2.24, 2.45) is 11.8 Å². The minimum atomic E-state index is -0.529. The molecule has 150 valence electrons. The number of aliphatic hydroxyl groups is 2. The molecular formula is C19H32O7. The first kappa shape index (κ1) is 24.5. The predicted octanol–water partition coefficient (Wildman–Crippen LogP) is 1.28. The molecule has 0 saturated heterocycles. The van der Waals surface area contributed by atoms with Crippen LogP contribution in [0.15, 0.2) is 24.3 Å². The highest BCUT2D eigenvalue weighted by molar-refractivity contribution is 5.87. The average Bonchev–Trinajstić information content (AvgIpc) is 2.70. The molecular weight excluding hydrogens is 340 g/mol. The molecule has 0 aromatic heterocycles. The number of ether oxygens (including phenoxy) is 3. The fourth-order valence-corrected chi connectivity index (χ4v) is 2.72. The first-order valence-corrected chi connectivity index (χ1v) is 8.64. The Hall–Kier alpha value is -1.54. The van der Waals surface area contributed by atoms with Crippen molar-refractivity contribution in [2.45, 2.75) is 31.8 Å². The minimum Gasteiger partial charge on any atom is -0.462 e. The zero-order valence-electron chi connectivity index (χ0n) is 15.8. The Morgan fingerprint density at radius 3 is 2.12 bits per heavy atom. The molecule has 0 aromatic rings. The van der Waals surface area contributed by atoms with E-state index in [9.17, 15) is 9.59 Å². The first-order valence-electron chi connectivity index (χ1n) is 8.64. The van der Waals surface area contributed by atoms with Gasteiger partial charge in [0.1, 0.15) is 6.29 Å². The van der Waals surface area contributed by atoms with Crippen LogP contribution < -0.4 is 0 Å². The molecule has 1 aliphatic carbocycles. The first-order chi connectivity index (χ1) is 12.4. The second-order valence-corrected chi connectivity index (χ2v) is 6.28. The number of hydrogen-bond donors (Lipinski definition) is 2. The molecule has 0 bridgehead atoms. The quantitative estimate of drug-likeness (QED) is 0.338. The number of aliphatic hydroxyl groups excluding tert-OH is 2. The van der Waals surface area contributed by atoms with Crippen LogP contribution in [0.25, 0.3) is 0 Å². The molecule has 2 N–H and O–H groups in total. The largest absolute Gasteiger partial charge is 0.462 e. The summed E-state index contributed by atoms with van der Waals surface area (Å²) >= 11 is 0. The molecule has 1 saturated carbocycles. The molecule has 0 spiro atoms. The Morgan fingerprint density at radius 1 is 1.12 bits per heavy atom. The van der Waals surface area contributed by atoms with Gasteiger partial charge in [0.05, 0.1) is 38.1 Å². The highest BCUT2D eigenvalue weighted by Crippen LogP contribution is 2.32. The van der Waals surface area contributed by atoms with Gasteiger partial charge < -0.3 is 24.4 Å². The highest BCUT2D eigenvalue weighted by Gasteiger charge is 2.28. The average molecular weight is 372 g/mol. The summed E-state index contributed by atoms with van der Waals surface area (Å²) in [5, 5.41) is 16.8. The molecule has 7 nitrogen and oxygen atoms in total. The van der Waals surface area contributed by atoms with E-state index in [0.717, 1.165) is 25.7 Å². The fraction of sp³-hybridized carbons (Fsp3) is 0.684. The number of methoxy groups -OCH3 is 2. The van der Waals surface area contributed by atoms with Crippen molar-refractivity contribution in [1.29, 1.82) is 0 Å². The van der Waals surface area contributed by atoms with Crippen molar-refractivity contribution >= 4 is 12.3 Å². The minimum absolute atomic E-state index is 0.0873. The number of carbonyl (C=O) groups excluding carboxylic acids is 2. The summed E-state index contributed by atoms with van der Waals surface area (Å²) in [4.78, 5) is 21.0. The van der Waals surface area contributed by atoms with E-state index in [0.29, 0.717) is 31.5 Å². The van der Waals surface area contributed by atoms with Crippen molar-refractivity contribution in [1.82, 2.24) is 0 Å². The van der Waals surface area contributed by atoms with Crippen LogP contribution in [0.2, 0.25) is 0 Å². The van der Waals surface area contributed by atoms with E-state index < -0.39 is 5.97 Å². The van der Waals surface area contributed by atoms with Crippen molar-refractivity contribution in [3.8, 4) is 0 Å². The Kier molecular flexibility index (Phi) is 13.7. The zero-order chi connectivity index (χ0) is 19.9. The molecule has 0 heterocycles. The Balaban J connectivity index is 0.000000896. The van der Waals surface area contributed by atoms with Crippen LogP contribution in [-0.4, -0.2) is 69.2 Å². The monoisotopic (exact) mass is 372 g/mol. The summed E-state index contributed by atoms with van der Waals surface area (Å²) < 4.78 is 15.8. The third-order valence-corrected chi connectivity index (χ3v) is 4.38. The Labute approximate surface area is 155 Å². The van der Waals surface area contributed by atoms with Gasteiger partial charge in [0.2, 0.25) is 0 Å². The lowest BCUT2D eigenvalue weighted by molar-refractivity contribution is -0.142. The molecule has 0 aromatic carbocycles. The summed E-state index contributed by atoms with van der Waals surface area (Å²) in [6, 6.07) is 0. The van der Waals surface area contributed by atoms with Crippen molar-refractivity contribution in [3.05, 3.63) is 24.3 Å². The lowest BCUT2D eigenvalue weighted by atomic mass is 9.79. The van der Waals surface area contributed by atoms with Gasteiger partial charge in [0.25, 0.3) is 0 Å². The van der Waals surface area contributed by atoms with Crippen LogP contribution in [0, 0.1) is 11.8 Å². The summed E-state index contributed by atoms with van der Waals surface area (Å²) in [5.74, 6) is 0.143. The maximum atomic E-state index is 11.5. The van der Waals surface area contributed by atoms with Crippen molar-refractivity contribution in [2.75, 3.05) is 40.6 Å². The smallest absolute Gasteiger partial charge is 0.335 e. The van der Waals surface area contributed by atoms with Crippen LogP contribution in [0.1, 0.15) is 25.7 Å². The van der Waals surface area contributed by atoms with Gasteiger partial charge in [-0.2, -0.15) is 0 Å². The standard InChI is InChI=1S/C15H26O5.C4H6O2/c1-11(8-16)15(17)20-10-13(9-18-2)12-4-6-14(19-3)7-5-12;1-4(2-5)3-6/h12-14,16H,1,4-10H2,2-3H3;2,6H,1,3H2. The van der Waals surface area contributed by atoms with Crippen molar-refractivity contribution in [3.63, 3.8) is 0 Å². The second-order valence-electron chi connectivity index (χ2n) is 6.28. The van der Waals surface area contributed by atoms with Gasteiger partial charge in [0, 0.05) is 25.7 Å². The molecule has 0 radical (unpaired) electrons. The van der Waals surface area contributed by atoms with Gasteiger partial charge in [-0.15, -0.1) is 0 Å². The molecule has 26 heavy (non-hydrogen) atoms. The van der Waals surface area contributed by atoms with E-state index in [1.54, 1.807) is 14.2 Å². The summed E-state index contributed by atoms with van der Waals surface area (Å²) in [7, 11) is 3.40. The van der Waals surface area contributed by atoms with Gasteiger partial charge >= 0.3 is 5.97 Å². The molecule has 0 amide bonds. The van der Waals surface area contributed by atoms with E-state index in [1.807, 2.05) is 0 Å². The van der Waals surface area contributed by atoms with E-state index in [4.69, 9.17) is 24.4 Å². The Bertz CT molecular complexity index is 439. The van der Waals surface area contributed by atoms with E-state index in [-0.39, 0.29) is 30.3 Å². The molecule has 1 unspecified atom stereocenters. The molecule has 1 atom stereocenters. The second kappa shape index (κ2) is 14.6. The SMILES string of the molecule is C=C(C=O)CO.C=C(CO)C(=O)OCC(COC)C1CCC(OC)CC1. The molecule has 1 fully saturated rings. The van der Waals surface area contributed by atoms with Crippen LogP contribution in [0.5, 0.6) is 0 Å². The molecule has 1 rings (SSSR count). The summed E-state index contributed by atoms with van der Waals surface area (Å²) in [5.41, 5.74) is 0.305. The van der Waals surface area contributed by atoms with E-state index in [2.05, 4.69) is 13.2 Å². The third-order valence-electron chi connectivity index (χ3n) is 4.38. The highest BCUT2D eigenvalue weighted by atomic mass is 16.5. The van der Waals surface area contributed by atoms with Crippen molar-refractivity contribution < 1.29 is 34.0 Å². The summed E-state index contributed by atoms with van der Waals surface area (Å²) in [6.07, 6.45) is 5.08. The fourth-order valence-electron chi connectivity index (χ4n) is 2.72. The van der Waals surface area contributed by atoms with Gasteiger partial charge in [-0.3, -0.25) is 4.79 Å². The maximum Gasteiger partial charge on any atom is 0.335 e. The molecule has 0 aliphatic heterocycles. The van der Waals surface area contributed by atoms with Gasteiger partial charge in [0.15, 0.2) is 0 Å². The number of carbonyl (C=O) groups is 2. The van der Waals surface area contributed by atoms with E-state index >= 15 is 0 Å². The predicted molar refractivity (Wildman–Crippen MR) is 97.6 cm³/mol. The molecule has 1 aliphatic rings. The van der Waals surface area contributed by atoms with Gasteiger partial charge in [-0.1, -0.05) is 13.2 Å². The third kappa shape index (κ3) is 9.82. The lowest BCUT2D eigenvalue weighted by Crippen LogP contribution is -2.31. The van der Waals surface area contributed by atoms with Crippen LogP contribution in [0.4, 0.5) is 0 Å². The lowest BCUT2D eigenvalue weighted by Gasteiger charge is -2.32. The molecule has 7 heteroatoms. The summed E-state index contributed by atoms with van der Waals surface area (Å²) in [6.45, 7) is 6.92. The van der Waals surface area contributed by atoms with Crippen LogP contribution in [-0.2, 0) is 23.8 Å². The van der Waals surface area contributed by atoms with Gasteiger partial charge in [-0.05, 0) is 31.6 Å². The van der Waals surface area contributed by atoms with E-state index in [1.165, 1.54) is 0 Å². The topological polar surface area (TPSA) is 102 Å². The van der Waals surface area contributed by atoms with Gasteiger partial charge in [-0.25, -0.2) is 4.79 Å².